The predicted molar refractivity (Wildman–Crippen MR) is 132 cm³/mol. The zero-order valence-electron chi connectivity index (χ0n) is 18.2. The Morgan fingerprint density at radius 1 is 0.914 bits per heavy atom. The number of H-pyrrole nitrogens is 1. The van der Waals surface area contributed by atoms with Crippen LogP contribution < -0.4 is 15.8 Å². The van der Waals surface area contributed by atoms with Gasteiger partial charge >= 0.3 is 0 Å². The van der Waals surface area contributed by atoms with Crippen molar-refractivity contribution in [1.29, 1.82) is 0 Å². The van der Waals surface area contributed by atoms with E-state index in [1.54, 1.807) is 0 Å². The van der Waals surface area contributed by atoms with E-state index >= 15 is 0 Å². The third kappa shape index (κ3) is 5.26. The third-order valence-electron chi connectivity index (χ3n) is 5.18. The molecular formula is C24H20FN7O2S. The zero-order chi connectivity index (χ0) is 24.4. The fraction of sp³-hybridized carbons (Fsp3) is 0.0417. The number of sulfonamides is 1. The molecule has 11 heteroatoms. The van der Waals surface area contributed by atoms with E-state index in [4.69, 9.17) is 5.14 Å². The molecule has 0 saturated heterocycles. The number of nitrogens with two attached hydrogens (primary N) is 1. The standard InChI is InChI=1S/C24H20FN7O2S/c25-19-14-27-24(29-16-8-10-18(11-9-16)35(26,33)34)32-23(19)28-17-5-3-4-15(12-17)13-22-30-20-6-1-2-7-21(20)31-22/h1-12,14H,13H2,(H,30,31)(H2,26,33,34)(H2,27,28,29,32). The van der Waals surface area contributed by atoms with Crippen molar-refractivity contribution in [2.45, 2.75) is 11.3 Å². The van der Waals surface area contributed by atoms with Crippen molar-refractivity contribution in [3.8, 4) is 0 Å². The van der Waals surface area contributed by atoms with E-state index in [0.717, 1.165) is 28.6 Å². The predicted octanol–water partition coefficient (Wildman–Crippen LogP) is 4.22. The number of halogens is 1. The van der Waals surface area contributed by atoms with E-state index in [-0.39, 0.29) is 16.7 Å². The Labute approximate surface area is 200 Å². The SMILES string of the molecule is NS(=O)(=O)c1ccc(Nc2ncc(F)c(Nc3cccc(Cc4nc5ccccc5[nH]4)c3)n2)cc1. The summed E-state index contributed by atoms with van der Waals surface area (Å²) in [6.07, 6.45) is 1.63. The minimum atomic E-state index is -3.79. The average molecular weight is 490 g/mol. The molecule has 5 aromatic rings. The number of nitrogens with zero attached hydrogens (tertiary/aromatic N) is 3. The summed E-state index contributed by atoms with van der Waals surface area (Å²) in [6, 6.07) is 21.1. The third-order valence-corrected chi connectivity index (χ3v) is 6.11. The number of aromatic amines is 1. The Morgan fingerprint density at radius 2 is 1.71 bits per heavy atom. The van der Waals surface area contributed by atoms with Crippen LogP contribution in [-0.2, 0) is 16.4 Å². The number of imidazole rings is 1. The monoisotopic (exact) mass is 489 g/mol. The summed E-state index contributed by atoms with van der Waals surface area (Å²) < 4.78 is 37.2. The Bertz CT molecular complexity index is 1590. The molecule has 0 unspecified atom stereocenters. The number of hydrogen-bond acceptors (Lipinski definition) is 7. The molecule has 2 heterocycles. The van der Waals surface area contributed by atoms with Gasteiger partial charge in [0.15, 0.2) is 11.6 Å². The quantitative estimate of drug-likeness (QED) is 0.268. The highest BCUT2D eigenvalue weighted by molar-refractivity contribution is 7.89. The minimum Gasteiger partial charge on any atom is -0.342 e. The number of para-hydroxylation sites is 2. The molecule has 0 aliphatic carbocycles. The van der Waals surface area contributed by atoms with E-state index in [0.29, 0.717) is 17.8 Å². The molecule has 0 aliphatic heterocycles. The summed E-state index contributed by atoms with van der Waals surface area (Å²) in [5.41, 5.74) is 4.03. The highest BCUT2D eigenvalue weighted by atomic mass is 32.2. The maximum atomic E-state index is 14.4. The Balaban J connectivity index is 1.32. The van der Waals surface area contributed by atoms with Crippen LogP contribution in [0.25, 0.3) is 11.0 Å². The number of anilines is 4. The van der Waals surface area contributed by atoms with Crippen LogP contribution in [0.2, 0.25) is 0 Å². The first-order valence-corrected chi connectivity index (χ1v) is 12.1. The molecule has 5 rings (SSSR count). The number of hydrogen-bond donors (Lipinski definition) is 4. The van der Waals surface area contributed by atoms with E-state index < -0.39 is 15.8 Å². The van der Waals surface area contributed by atoms with Crippen LogP contribution in [0.4, 0.5) is 27.5 Å². The highest BCUT2D eigenvalue weighted by Crippen LogP contribution is 2.23. The molecule has 0 radical (unpaired) electrons. The maximum Gasteiger partial charge on any atom is 0.238 e. The molecule has 0 spiro atoms. The Morgan fingerprint density at radius 3 is 2.49 bits per heavy atom. The van der Waals surface area contributed by atoms with Crippen LogP contribution in [0.15, 0.2) is 83.9 Å². The second kappa shape index (κ2) is 9.12. The van der Waals surface area contributed by atoms with Crippen molar-refractivity contribution in [2.24, 2.45) is 5.14 Å². The van der Waals surface area contributed by atoms with Gasteiger partial charge in [0, 0.05) is 17.8 Å². The number of primary sulfonamides is 1. The molecule has 0 aliphatic rings. The van der Waals surface area contributed by atoms with Crippen LogP contribution in [0.5, 0.6) is 0 Å². The molecule has 0 bridgehead atoms. The molecule has 0 amide bonds. The highest BCUT2D eigenvalue weighted by Gasteiger charge is 2.11. The van der Waals surface area contributed by atoms with Gasteiger partial charge in [0.25, 0.3) is 0 Å². The molecule has 0 saturated carbocycles. The van der Waals surface area contributed by atoms with E-state index in [9.17, 15) is 12.8 Å². The van der Waals surface area contributed by atoms with Gasteiger partial charge in [0.05, 0.1) is 22.1 Å². The molecule has 35 heavy (non-hydrogen) atoms. The van der Waals surface area contributed by atoms with Crippen molar-refractivity contribution < 1.29 is 12.8 Å². The second-order valence-corrected chi connectivity index (χ2v) is 9.35. The number of fused-ring (bicyclic) bond motifs is 1. The summed E-state index contributed by atoms with van der Waals surface area (Å²) in [5, 5.41) is 11.0. The molecule has 176 valence electrons. The summed E-state index contributed by atoms with van der Waals surface area (Å²) in [4.78, 5) is 16.0. The molecule has 2 aromatic heterocycles. The van der Waals surface area contributed by atoms with Crippen molar-refractivity contribution in [1.82, 2.24) is 19.9 Å². The van der Waals surface area contributed by atoms with Gasteiger partial charge in [-0.15, -0.1) is 0 Å². The number of rotatable bonds is 7. The normalized spacial score (nSPS) is 11.5. The van der Waals surface area contributed by atoms with E-state index in [1.807, 2.05) is 48.5 Å². The fourth-order valence-electron chi connectivity index (χ4n) is 3.55. The molecule has 0 fully saturated rings. The van der Waals surface area contributed by atoms with E-state index in [2.05, 4.69) is 30.6 Å². The molecule has 0 atom stereocenters. The molecule has 5 N–H and O–H groups in total. The summed E-state index contributed by atoms with van der Waals surface area (Å²) in [6.45, 7) is 0. The van der Waals surface area contributed by atoms with Crippen LogP contribution >= 0.6 is 0 Å². The largest absolute Gasteiger partial charge is 0.342 e. The lowest BCUT2D eigenvalue weighted by Crippen LogP contribution is -2.11. The van der Waals surface area contributed by atoms with Gasteiger partial charge in [0.2, 0.25) is 16.0 Å². The van der Waals surface area contributed by atoms with Gasteiger partial charge < -0.3 is 15.6 Å². The molecular weight excluding hydrogens is 469 g/mol. The first-order chi connectivity index (χ1) is 16.8. The summed E-state index contributed by atoms with van der Waals surface area (Å²) in [7, 11) is -3.79. The first-order valence-electron chi connectivity index (χ1n) is 10.6. The average Bonchev–Trinajstić information content (AvgIpc) is 3.23. The number of nitrogens with one attached hydrogen (secondary N) is 3. The van der Waals surface area contributed by atoms with Crippen molar-refractivity contribution in [3.05, 3.63) is 96.2 Å². The van der Waals surface area contributed by atoms with Gasteiger partial charge in [-0.05, 0) is 54.1 Å². The Kier molecular flexibility index (Phi) is 5.85. The topological polar surface area (TPSA) is 139 Å². The van der Waals surface area contributed by atoms with Crippen molar-refractivity contribution in [2.75, 3.05) is 10.6 Å². The van der Waals surface area contributed by atoms with Gasteiger partial charge in [-0.25, -0.2) is 27.9 Å². The van der Waals surface area contributed by atoms with Crippen LogP contribution in [-0.4, -0.2) is 28.4 Å². The lowest BCUT2D eigenvalue weighted by molar-refractivity contribution is 0.598. The number of aromatic nitrogens is 4. The van der Waals surface area contributed by atoms with Crippen LogP contribution in [0.1, 0.15) is 11.4 Å². The van der Waals surface area contributed by atoms with Crippen molar-refractivity contribution >= 4 is 44.2 Å². The summed E-state index contributed by atoms with van der Waals surface area (Å²) >= 11 is 0. The Hall–Kier alpha value is -4.35. The first kappa shape index (κ1) is 22.4. The fourth-order valence-corrected chi connectivity index (χ4v) is 4.07. The van der Waals surface area contributed by atoms with Gasteiger partial charge in [0.1, 0.15) is 5.82 Å². The molecule has 3 aromatic carbocycles. The minimum absolute atomic E-state index is 0.00968. The van der Waals surface area contributed by atoms with Crippen molar-refractivity contribution in [3.63, 3.8) is 0 Å². The van der Waals surface area contributed by atoms with Crippen LogP contribution in [0.3, 0.4) is 0 Å². The zero-order valence-corrected chi connectivity index (χ0v) is 19.1. The lowest BCUT2D eigenvalue weighted by Gasteiger charge is -2.11. The lowest BCUT2D eigenvalue weighted by atomic mass is 10.1. The summed E-state index contributed by atoms with van der Waals surface area (Å²) in [5.74, 6) is 0.333. The van der Waals surface area contributed by atoms with Gasteiger partial charge in [-0.3, -0.25) is 0 Å². The van der Waals surface area contributed by atoms with Crippen LogP contribution in [0, 0.1) is 5.82 Å². The van der Waals surface area contributed by atoms with Gasteiger partial charge in [-0.2, -0.15) is 4.98 Å². The smallest absolute Gasteiger partial charge is 0.238 e. The number of benzene rings is 3. The van der Waals surface area contributed by atoms with E-state index in [1.165, 1.54) is 24.3 Å². The van der Waals surface area contributed by atoms with Gasteiger partial charge in [-0.1, -0.05) is 24.3 Å². The maximum absolute atomic E-state index is 14.4. The second-order valence-electron chi connectivity index (χ2n) is 7.79. The molecule has 9 nitrogen and oxygen atoms in total.